The van der Waals surface area contributed by atoms with Crippen molar-refractivity contribution in [3.05, 3.63) is 19.2 Å². The van der Waals surface area contributed by atoms with Crippen LogP contribution in [0, 0.1) is 0 Å². The lowest BCUT2D eigenvalue weighted by Gasteiger charge is -2.16. The van der Waals surface area contributed by atoms with Crippen molar-refractivity contribution in [1.29, 1.82) is 0 Å². The molecule has 1 amide bonds. The predicted octanol–water partition coefficient (Wildman–Crippen LogP) is 3.80. The molecule has 1 rings (SSSR count). The third-order valence-corrected chi connectivity index (χ3v) is 5.74. The largest absolute Gasteiger partial charge is 0.383 e. The van der Waals surface area contributed by atoms with Gasteiger partial charge in [0.15, 0.2) is 0 Å². The van der Waals surface area contributed by atoms with Crippen molar-refractivity contribution in [3.8, 4) is 0 Å². The van der Waals surface area contributed by atoms with Crippen molar-refractivity contribution < 1.29 is 9.53 Å². The topological polar surface area (TPSA) is 38.3 Å². The SMILES string of the molecule is COCC(CCBr)NC(=O)c1cc(Br)c(Br)s1. The van der Waals surface area contributed by atoms with Crippen LogP contribution in [0.2, 0.25) is 0 Å². The van der Waals surface area contributed by atoms with Gasteiger partial charge < -0.3 is 10.1 Å². The number of amides is 1. The van der Waals surface area contributed by atoms with Gasteiger partial charge >= 0.3 is 0 Å². The van der Waals surface area contributed by atoms with Gasteiger partial charge in [-0.2, -0.15) is 0 Å². The summed E-state index contributed by atoms with van der Waals surface area (Å²) in [5.74, 6) is -0.0654. The summed E-state index contributed by atoms with van der Waals surface area (Å²) in [4.78, 5) is 12.6. The second kappa shape index (κ2) is 7.89. The number of rotatable bonds is 6. The molecular weight excluding hydrogens is 438 g/mol. The van der Waals surface area contributed by atoms with Gasteiger partial charge in [-0.25, -0.2) is 0 Å². The first-order valence-corrected chi connectivity index (χ1v) is 8.41. The second-order valence-corrected chi connectivity index (χ2v) is 7.35. The van der Waals surface area contributed by atoms with Crippen LogP contribution in [0.25, 0.3) is 0 Å². The number of nitrogens with one attached hydrogen (secondary N) is 1. The Morgan fingerprint density at radius 3 is 2.76 bits per heavy atom. The first kappa shape index (κ1) is 15.6. The summed E-state index contributed by atoms with van der Waals surface area (Å²) in [6.07, 6.45) is 0.841. The van der Waals surface area contributed by atoms with Gasteiger partial charge in [-0.1, -0.05) is 15.9 Å². The van der Waals surface area contributed by atoms with Crippen LogP contribution in [0.15, 0.2) is 14.3 Å². The van der Waals surface area contributed by atoms with Crippen LogP contribution in [0.1, 0.15) is 16.1 Å². The summed E-state index contributed by atoms with van der Waals surface area (Å²) in [6, 6.07) is 1.84. The van der Waals surface area contributed by atoms with Gasteiger partial charge in [-0.3, -0.25) is 4.79 Å². The number of hydrogen-bond acceptors (Lipinski definition) is 3. The Bertz CT molecular complexity index is 358. The number of ether oxygens (including phenoxy) is 1. The van der Waals surface area contributed by atoms with E-state index in [1.165, 1.54) is 11.3 Å². The maximum atomic E-state index is 12.0. The van der Waals surface area contributed by atoms with E-state index in [9.17, 15) is 4.79 Å². The van der Waals surface area contributed by atoms with Crippen LogP contribution in [0.4, 0.5) is 0 Å². The minimum atomic E-state index is -0.0654. The minimum absolute atomic E-state index is 0.0338. The molecule has 0 aliphatic heterocycles. The molecule has 0 aromatic carbocycles. The van der Waals surface area contributed by atoms with Crippen molar-refractivity contribution in [2.45, 2.75) is 12.5 Å². The Hall–Kier alpha value is 0.570. The highest BCUT2D eigenvalue weighted by Crippen LogP contribution is 2.32. The Kier molecular flexibility index (Phi) is 7.25. The van der Waals surface area contributed by atoms with Gasteiger partial charge in [0, 0.05) is 16.9 Å². The van der Waals surface area contributed by atoms with E-state index in [0.717, 1.165) is 20.0 Å². The molecule has 0 saturated carbocycles. The third kappa shape index (κ3) is 4.98. The molecule has 1 atom stereocenters. The zero-order chi connectivity index (χ0) is 12.8. The highest BCUT2D eigenvalue weighted by molar-refractivity contribution is 9.13. The molecule has 0 bridgehead atoms. The van der Waals surface area contributed by atoms with E-state index < -0.39 is 0 Å². The highest BCUT2D eigenvalue weighted by Gasteiger charge is 2.16. The van der Waals surface area contributed by atoms with Gasteiger partial charge in [0.05, 0.1) is 21.3 Å². The highest BCUT2D eigenvalue weighted by atomic mass is 79.9. The number of hydrogen-bond donors (Lipinski definition) is 1. The van der Waals surface area contributed by atoms with E-state index in [0.29, 0.717) is 11.5 Å². The Labute approximate surface area is 130 Å². The van der Waals surface area contributed by atoms with E-state index in [1.54, 1.807) is 7.11 Å². The van der Waals surface area contributed by atoms with Crippen LogP contribution < -0.4 is 5.32 Å². The summed E-state index contributed by atoms with van der Waals surface area (Å²) in [6.45, 7) is 0.519. The number of alkyl halides is 1. The predicted molar refractivity (Wildman–Crippen MR) is 81.3 cm³/mol. The fourth-order valence-corrected chi connectivity index (χ4v) is 3.74. The Morgan fingerprint density at radius 2 is 2.29 bits per heavy atom. The van der Waals surface area contributed by atoms with Crippen LogP contribution in [0.3, 0.4) is 0 Å². The molecule has 0 saturated heterocycles. The number of carbonyl (C=O) groups is 1. The molecule has 0 aliphatic rings. The van der Waals surface area contributed by atoms with Crippen molar-refractivity contribution >= 4 is 65.0 Å². The summed E-state index contributed by atoms with van der Waals surface area (Å²) in [7, 11) is 1.63. The van der Waals surface area contributed by atoms with Crippen molar-refractivity contribution in [3.63, 3.8) is 0 Å². The fourth-order valence-electron chi connectivity index (χ4n) is 1.25. The lowest BCUT2D eigenvalue weighted by Crippen LogP contribution is -2.38. The maximum absolute atomic E-state index is 12.0. The van der Waals surface area contributed by atoms with Crippen LogP contribution >= 0.6 is 59.1 Å². The average molecular weight is 450 g/mol. The van der Waals surface area contributed by atoms with Crippen molar-refractivity contribution in [2.24, 2.45) is 0 Å². The standard InChI is InChI=1S/C10H12Br3NO2S/c1-16-5-6(2-3-11)14-10(15)8-4-7(12)9(13)17-8/h4,6H,2-3,5H2,1H3,(H,14,15). The Balaban J connectivity index is 2.63. The average Bonchev–Trinajstić information content (AvgIpc) is 2.60. The molecule has 1 heterocycles. The monoisotopic (exact) mass is 447 g/mol. The van der Waals surface area contributed by atoms with Crippen LogP contribution in [0.5, 0.6) is 0 Å². The first-order chi connectivity index (χ1) is 8.08. The number of halogens is 3. The van der Waals surface area contributed by atoms with Crippen LogP contribution in [-0.4, -0.2) is 31.0 Å². The molecule has 0 radical (unpaired) electrons. The Morgan fingerprint density at radius 1 is 1.59 bits per heavy atom. The van der Waals surface area contributed by atoms with Crippen LogP contribution in [-0.2, 0) is 4.74 Å². The zero-order valence-corrected chi connectivity index (χ0v) is 14.7. The number of thiophene rings is 1. The molecule has 1 aromatic heterocycles. The summed E-state index contributed by atoms with van der Waals surface area (Å²) in [5, 5.41) is 3.78. The van der Waals surface area contributed by atoms with Crippen molar-refractivity contribution in [1.82, 2.24) is 5.32 Å². The molecule has 3 nitrogen and oxygen atoms in total. The lowest BCUT2D eigenvalue weighted by atomic mass is 10.2. The number of carbonyl (C=O) groups excluding carboxylic acids is 1. The third-order valence-electron chi connectivity index (χ3n) is 2.03. The molecule has 0 fully saturated rings. The number of methoxy groups -OCH3 is 1. The molecule has 0 spiro atoms. The molecule has 0 aliphatic carbocycles. The molecule has 17 heavy (non-hydrogen) atoms. The first-order valence-electron chi connectivity index (χ1n) is 4.89. The summed E-state index contributed by atoms with van der Waals surface area (Å²) < 4.78 is 6.89. The molecule has 7 heteroatoms. The molecule has 96 valence electrons. The smallest absolute Gasteiger partial charge is 0.261 e. The molecular formula is C10H12Br3NO2S. The lowest BCUT2D eigenvalue weighted by molar-refractivity contribution is 0.0899. The maximum Gasteiger partial charge on any atom is 0.261 e. The van der Waals surface area contributed by atoms with E-state index in [4.69, 9.17) is 4.74 Å². The fraction of sp³-hybridized carbons (Fsp3) is 0.500. The summed E-state index contributed by atoms with van der Waals surface area (Å²) in [5.41, 5.74) is 0. The molecule has 1 aromatic rings. The van der Waals surface area contributed by atoms with Gasteiger partial charge in [0.25, 0.3) is 5.91 Å². The molecule has 1 unspecified atom stereocenters. The van der Waals surface area contributed by atoms with E-state index in [1.807, 2.05) is 6.07 Å². The van der Waals surface area contributed by atoms with Gasteiger partial charge in [-0.05, 0) is 44.3 Å². The van der Waals surface area contributed by atoms with Gasteiger partial charge in [-0.15, -0.1) is 11.3 Å². The second-order valence-electron chi connectivity index (χ2n) is 3.34. The molecule has 1 N–H and O–H groups in total. The minimum Gasteiger partial charge on any atom is -0.383 e. The quantitative estimate of drug-likeness (QED) is 0.671. The summed E-state index contributed by atoms with van der Waals surface area (Å²) >= 11 is 11.5. The van der Waals surface area contributed by atoms with E-state index in [-0.39, 0.29) is 11.9 Å². The normalized spacial score (nSPS) is 12.5. The zero-order valence-electron chi connectivity index (χ0n) is 9.13. The van der Waals surface area contributed by atoms with Crippen molar-refractivity contribution in [2.75, 3.05) is 19.0 Å². The van der Waals surface area contributed by atoms with E-state index in [2.05, 4.69) is 53.1 Å². The van der Waals surface area contributed by atoms with E-state index >= 15 is 0 Å². The van der Waals surface area contributed by atoms with Gasteiger partial charge in [0.2, 0.25) is 0 Å². The van der Waals surface area contributed by atoms with Gasteiger partial charge in [0.1, 0.15) is 0 Å².